The van der Waals surface area contributed by atoms with E-state index in [4.69, 9.17) is 4.74 Å². The van der Waals surface area contributed by atoms with Crippen molar-refractivity contribution < 1.29 is 4.74 Å². The van der Waals surface area contributed by atoms with Gasteiger partial charge in [0.25, 0.3) is 0 Å². The van der Waals surface area contributed by atoms with Crippen LogP contribution in [-0.2, 0) is 6.54 Å². The average Bonchev–Trinajstić information content (AvgIpc) is 2.39. The molecule has 0 bridgehead atoms. The molecule has 0 N–H and O–H groups in total. The van der Waals surface area contributed by atoms with Gasteiger partial charge in [-0.05, 0) is 36.8 Å². The van der Waals surface area contributed by atoms with E-state index in [1.54, 1.807) is 13.3 Å². The van der Waals surface area contributed by atoms with Crippen molar-refractivity contribution in [1.29, 1.82) is 0 Å². The zero-order valence-electron chi connectivity index (χ0n) is 12.5. The first kappa shape index (κ1) is 14.3. The summed E-state index contributed by atoms with van der Waals surface area (Å²) in [5.74, 6) is 0.718. The van der Waals surface area contributed by atoms with E-state index >= 15 is 0 Å². The second kappa shape index (κ2) is 5.87. The van der Waals surface area contributed by atoms with Gasteiger partial charge < -0.3 is 4.74 Å². The van der Waals surface area contributed by atoms with Crippen LogP contribution >= 0.6 is 0 Å². The molecule has 1 saturated heterocycles. The first-order valence-corrected chi connectivity index (χ1v) is 7.12. The van der Waals surface area contributed by atoms with Crippen LogP contribution in [0, 0.1) is 11.3 Å². The summed E-state index contributed by atoms with van der Waals surface area (Å²) in [6.45, 7) is 10.3. The molecule has 0 aromatic carbocycles. The fraction of sp³-hybridized carbons (Fsp3) is 0.733. The van der Waals surface area contributed by atoms with Crippen LogP contribution < -0.4 is 4.74 Å². The fourth-order valence-corrected chi connectivity index (χ4v) is 2.77. The van der Waals surface area contributed by atoms with Gasteiger partial charge in [0, 0.05) is 19.3 Å². The van der Waals surface area contributed by atoms with Crippen molar-refractivity contribution >= 4 is 0 Å². The Balaban J connectivity index is 2.02. The normalized spacial score (nSPS) is 24.7. The molecule has 1 unspecified atom stereocenters. The summed E-state index contributed by atoms with van der Waals surface area (Å²) in [7, 11) is 1.61. The zero-order chi connectivity index (χ0) is 13.9. The van der Waals surface area contributed by atoms with Gasteiger partial charge in [-0.15, -0.1) is 0 Å². The summed E-state index contributed by atoms with van der Waals surface area (Å²) < 4.78 is 5.08. The van der Waals surface area contributed by atoms with Crippen LogP contribution in [0.5, 0.6) is 6.01 Å². The van der Waals surface area contributed by atoms with Crippen LogP contribution in [-0.4, -0.2) is 35.1 Å². The Bertz CT molecular complexity index is 422. The Hall–Kier alpha value is -1.16. The topological polar surface area (TPSA) is 38.2 Å². The molecule has 0 saturated carbocycles. The summed E-state index contributed by atoms with van der Waals surface area (Å²) in [4.78, 5) is 11.0. The van der Waals surface area contributed by atoms with Gasteiger partial charge in [0.05, 0.1) is 12.8 Å². The molecule has 19 heavy (non-hydrogen) atoms. The molecule has 0 radical (unpaired) electrons. The van der Waals surface area contributed by atoms with Gasteiger partial charge in [0.1, 0.15) is 0 Å². The van der Waals surface area contributed by atoms with Crippen molar-refractivity contribution in [3.05, 3.63) is 18.0 Å². The third kappa shape index (κ3) is 3.44. The van der Waals surface area contributed by atoms with Crippen LogP contribution in [0.3, 0.4) is 0 Å². The van der Waals surface area contributed by atoms with E-state index < -0.39 is 0 Å². The van der Waals surface area contributed by atoms with E-state index in [1.807, 2.05) is 6.07 Å². The lowest BCUT2D eigenvalue weighted by Gasteiger charge is -2.43. The Morgan fingerprint density at radius 1 is 1.47 bits per heavy atom. The molecule has 1 aromatic rings. The number of rotatable bonds is 4. The lowest BCUT2D eigenvalue weighted by Crippen LogP contribution is -2.44. The highest BCUT2D eigenvalue weighted by molar-refractivity contribution is 5.05. The van der Waals surface area contributed by atoms with Gasteiger partial charge in [0.15, 0.2) is 0 Å². The lowest BCUT2D eigenvalue weighted by molar-refractivity contribution is 0.0580. The summed E-state index contributed by atoms with van der Waals surface area (Å²) in [6.07, 6.45) is 4.37. The molecule has 0 aliphatic carbocycles. The second-order valence-electron chi connectivity index (χ2n) is 6.16. The molecule has 2 rings (SSSR count). The highest BCUT2D eigenvalue weighted by atomic mass is 16.5. The first-order chi connectivity index (χ1) is 9.03. The predicted octanol–water partition coefficient (Wildman–Crippen LogP) is 2.74. The van der Waals surface area contributed by atoms with Crippen LogP contribution in [0.4, 0.5) is 0 Å². The van der Waals surface area contributed by atoms with Crippen molar-refractivity contribution in [2.75, 3.05) is 20.2 Å². The Labute approximate surface area is 116 Å². The summed E-state index contributed by atoms with van der Waals surface area (Å²) in [5, 5.41) is 0. The first-order valence-electron chi connectivity index (χ1n) is 7.12. The number of piperidine rings is 1. The zero-order valence-corrected chi connectivity index (χ0v) is 12.5. The van der Waals surface area contributed by atoms with E-state index in [9.17, 15) is 0 Å². The second-order valence-corrected chi connectivity index (χ2v) is 6.16. The minimum Gasteiger partial charge on any atom is -0.467 e. The SMILES string of the molecule is COc1nccc(CN2CCCC(C)(C(C)C)C2)n1. The lowest BCUT2D eigenvalue weighted by atomic mass is 9.73. The predicted molar refractivity (Wildman–Crippen MR) is 76.0 cm³/mol. The van der Waals surface area contributed by atoms with Crippen molar-refractivity contribution in [2.24, 2.45) is 11.3 Å². The van der Waals surface area contributed by atoms with Crippen LogP contribution in [0.25, 0.3) is 0 Å². The third-order valence-electron chi connectivity index (χ3n) is 4.46. The largest absolute Gasteiger partial charge is 0.467 e. The van der Waals surface area contributed by atoms with Gasteiger partial charge in [-0.1, -0.05) is 20.8 Å². The Kier molecular flexibility index (Phi) is 4.40. The van der Waals surface area contributed by atoms with Gasteiger partial charge in [-0.25, -0.2) is 4.98 Å². The van der Waals surface area contributed by atoms with E-state index in [-0.39, 0.29) is 0 Å². The van der Waals surface area contributed by atoms with Crippen LogP contribution in [0.15, 0.2) is 12.3 Å². The number of hydrogen-bond donors (Lipinski definition) is 0. The molecule has 1 aliphatic rings. The molecular weight excluding hydrogens is 238 g/mol. The minimum atomic E-state index is 0.426. The maximum atomic E-state index is 5.08. The van der Waals surface area contributed by atoms with Crippen molar-refractivity contribution in [3.63, 3.8) is 0 Å². The monoisotopic (exact) mass is 263 g/mol. The highest BCUT2D eigenvalue weighted by Crippen LogP contribution is 2.36. The fourth-order valence-electron chi connectivity index (χ4n) is 2.77. The number of ether oxygens (including phenoxy) is 1. The van der Waals surface area contributed by atoms with Crippen molar-refractivity contribution in [3.8, 4) is 6.01 Å². The standard InChI is InChI=1S/C15H25N3O/c1-12(2)15(3)7-5-9-18(11-15)10-13-6-8-16-14(17-13)19-4/h6,8,12H,5,7,9-11H2,1-4H3. The molecular formula is C15H25N3O. The van der Waals surface area contributed by atoms with E-state index in [0.29, 0.717) is 11.4 Å². The van der Waals surface area contributed by atoms with Gasteiger partial charge in [-0.3, -0.25) is 4.90 Å². The molecule has 0 amide bonds. The molecule has 0 spiro atoms. The molecule has 2 heterocycles. The minimum absolute atomic E-state index is 0.426. The van der Waals surface area contributed by atoms with Crippen molar-refractivity contribution in [2.45, 2.75) is 40.2 Å². The molecule has 1 aromatic heterocycles. The molecule has 106 valence electrons. The van der Waals surface area contributed by atoms with Crippen molar-refractivity contribution in [1.82, 2.24) is 14.9 Å². The van der Waals surface area contributed by atoms with Crippen LogP contribution in [0.2, 0.25) is 0 Å². The highest BCUT2D eigenvalue weighted by Gasteiger charge is 2.33. The average molecular weight is 263 g/mol. The Morgan fingerprint density at radius 2 is 2.26 bits per heavy atom. The van der Waals surface area contributed by atoms with Crippen LogP contribution in [0.1, 0.15) is 39.3 Å². The van der Waals surface area contributed by atoms with E-state index in [0.717, 1.165) is 31.2 Å². The number of likely N-dealkylation sites (tertiary alicyclic amines) is 1. The summed E-state index contributed by atoms with van der Waals surface area (Å²) in [6, 6.07) is 2.44. The number of hydrogen-bond acceptors (Lipinski definition) is 4. The quantitative estimate of drug-likeness (QED) is 0.837. The van der Waals surface area contributed by atoms with Gasteiger partial charge in [0.2, 0.25) is 0 Å². The molecule has 4 heteroatoms. The number of aromatic nitrogens is 2. The number of methoxy groups -OCH3 is 1. The summed E-state index contributed by atoms with van der Waals surface area (Å²) in [5.41, 5.74) is 1.47. The van der Waals surface area contributed by atoms with E-state index in [2.05, 4.69) is 35.6 Å². The third-order valence-corrected chi connectivity index (χ3v) is 4.46. The van der Waals surface area contributed by atoms with E-state index in [1.165, 1.54) is 12.8 Å². The maximum absolute atomic E-state index is 5.08. The maximum Gasteiger partial charge on any atom is 0.316 e. The number of nitrogens with zero attached hydrogens (tertiary/aromatic N) is 3. The molecule has 1 fully saturated rings. The molecule has 1 aliphatic heterocycles. The molecule has 1 atom stereocenters. The Morgan fingerprint density at radius 3 is 2.95 bits per heavy atom. The van der Waals surface area contributed by atoms with Gasteiger partial charge in [-0.2, -0.15) is 4.98 Å². The smallest absolute Gasteiger partial charge is 0.316 e. The molecule has 4 nitrogen and oxygen atoms in total. The van der Waals surface area contributed by atoms with Gasteiger partial charge >= 0.3 is 6.01 Å². The summed E-state index contributed by atoms with van der Waals surface area (Å²) >= 11 is 0.